The highest BCUT2D eigenvalue weighted by Gasteiger charge is 2.31. The van der Waals surface area contributed by atoms with Gasteiger partial charge >= 0.3 is 5.97 Å². The molecule has 0 aliphatic carbocycles. The minimum atomic E-state index is -3.86. The molecule has 0 fully saturated rings. The summed E-state index contributed by atoms with van der Waals surface area (Å²) in [6.45, 7) is 6.57. The van der Waals surface area contributed by atoms with Gasteiger partial charge in [-0.15, -0.1) is 0 Å². The van der Waals surface area contributed by atoms with Crippen LogP contribution < -0.4 is 5.32 Å². The van der Waals surface area contributed by atoms with E-state index in [4.69, 9.17) is 5.11 Å². The Morgan fingerprint density at radius 1 is 1.14 bits per heavy atom. The molecule has 0 saturated carbocycles. The Bertz CT molecular complexity index is 641. The number of nitrogens with one attached hydrogen (secondary N) is 1. The highest BCUT2D eigenvalue weighted by molar-refractivity contribution is 7.92. The molecule has 1 atom stereocenters. The summed E-state index contributed by atoms with van der Waals surface area (Å²) in [6, 6.07) is 4.78. The van der Waals surface area contributed by atoms with Crippen molar-refractivity contribution in [2.24, 2.45) is 0 Å². The number of sulfone groups is 1. The lowest BCUT2D eigenvalue weighted by atomic mass is 10.1. The zero-order valence-electron chi connectivity index (χ0n) is 12.4. The van der Waals surface area contributed by atoms with Gasteiger partial charge in [0.15, 0.2) is 9.84 Å². The molecule has 0 aliphatic rings. The van der Waals surface area contributed by atoms with E-state index in [1.807, 2.05) is 0 Å². The first kappa shape index (κ1) is 17.2. The molecule has 0 heterocycles. The minimum Gasteiger partial charge on any atom is -0.478 e. The third-order valence-electron chi connectivity index (χ3n) is 2.76. The molecule has 0 radical (unpaired) electrons. The molecule has 1 rings (SSSR count). The SMILES string of the molecule is CC(C(=O)NC(C)(C)C)S(=O)(=O)c1ccc(C(=O)O)cc1. The molecule has 116 valence electrons. The number of carbonyl (C=O) groups is 2. The van der Waals surface area contributed by atoms with Gasteiger partial charge in [-0.05, 0) is 52.0 Å². The molecule has 0 bridgehead atoms. The topological polar surface area (TPSA) is 101 Å². The summed E-state index contributed by atoms with van der Waals surface area (Å²) < 4.78 is 24.7. The maximum Gasteiger partial charge on any atom is 0.335 e. The zero-order chi connectivity index (χ0) is 16.4. The number of carboxylic acid groups (broad SMARTS) is 1. The van der Waals surface area contributed by atoms with Crippen LogP contribution in [-0.2, 0) is 14.6 Å². The number of aromatic carboxylic acids is 1. The summed E-state index contributed by atoms with van der Waals surface area (Å²) in [5.74, 6) is -1.73. The molecule has 1 unspecified atom stereocenters. The van der Waals surface area contributed by atoms with Crippen LogP contribution >= 0.6 is 0 Å². The van der Waals surface area contributed by atoms with Gasteiger partial charge in [0.2, 0.25) is 5.91 Å². The predicted molar refractivity (Wildman–Crippen MR) is 77.9 cm³/mol. The zero-order valence-corrected chi connectivity index (χ0v) is 13.2. The van der Waals surface area contributed by atoms with E-state index in [-0.39, 0.29) is 10.5 Å². The Morgan fingerprint density at radius 3 is 2.00 bits per heavy atom. The van der Waals surface area contributed by atoms with Crippen molar-refractivity contribution in [1.29, 1.82) is 0 Å². The highest BCUT2D eigenvalue weighted by atomic mass is 32.2. The fourth-order valence-electron chi connectivity index (χ4n) is 1.60. The summed E-state index contributed by atoms with van der Waals surface area (Å²) in [4.78, 5) is 22.6. The van der Waals surface area contributed by atoms with Gasteiger partial charge in [-0.1, -0.05) is 0 Å². The van der Waals surface area contributed by atoms with Crippen LogP contribution in [0.15, 0.2) is 29.2 Å². The van der Waals surface area contributed by atoms with E-state index in [1.165, 1.54) is 31.2 Å². The van der Waals surface area contributed by atoms with E-state index in [2.05, 4.69) is 5.32 Å². The van der Waals surface area contributed by atoms with Gasteiger partial charge in [0.25, 0.3) is 0 Å². The van der Waals surface area contributed by atoms with Crippen molar-refractivity contribution in [3.63, 3.8) is 0 Å². The van der Waals surface area contributed by atoms with Gasteiger partial charge in [-0.25, -0.2) is 13.2 Å². The van der Waals surface area contributed by atoms with E-state index >= 15 is 0 Å². The number of rotatable bonds is 4. The van der Waals surface area contributed by atoms with Gasteiger partial charge in [0.05, 0.1) is 10.5 Å². The minimum absolute atomic E-state index is 0.0132. The smallest absolute Gasteiger partial charge is 0.335 e. The number of hydrogen-bond donors (Lipinski definition) is 2. The molecule has 0 aromatic heterocycles. The third-order valence-corrected chi connectivity index (χ3v) is 4.84. The van der Waals surface area contributed by atoms with Crippen molar-refractivity contribution in [2.75, 3.05) is 0 Å². The lowest BCUT2D eigenvalue weighted by molar-refractivity contribution is -0.121. The van der Waals surface area contributed by atoms with Crippen LogP contribution in [-0.4, -0.2) is 36.2 Å². The molecule has 0 spiro atoms. The van der Waals surface area contributed by atoms with Crippen LogP contribution in [0, 0.1) is 0 Å². The molecule has 1 aromatic rings. The molecule has 7 heteroatoms. The summed E-state index contributed by atoms with van der Waals surface area (Å²) in [6.07, 6.45) is 0. The summed E-state index contributed by atoms with van der Waals surface area (Å²) in [5, 5.41) is 10.1. The third kappa shape index (κ3) is 4.29. The first-order valence-electron chi connectivity index (χ1n) is 6.34. The summed E-state index contributed by atoms with van der Waals surface area (Å²) in [7, 11) is -3.86. The second-order valence-electron chi connectivity index (χ2n) is 5.76. The molecule has 0 saturated heterocycles. The standard InChI is InChI=1S/C14H19NO5S/c1-9(12(16)15-14(2,3)4)21(19,20)11-7-5-10(6-8-11)13(17)18/h5-9H,1-4H3,(H,15,16)(H,17,18). The second kappa shape index (κ2) is 5.85. The largest absolute Gasteiger partial charge is 0.478 e. The van der Waals surface area contributed by atoms with Crippen LogP contribution in [0.25, 0.3) is 0 Å². The van der Waals surface area contributed by atoms with Crippen LogP contribution in [0.2, 0.25) is 0 Å². The van der Waals surface area contributed by atoms with Crippen molar-refractivity contribution in [1.82, 2.24) is 5.32 Å². The first-order valence-corrected chi connectivity index (χ1v) is 7.89. The number of carbonyl (C=O) groups excluding carboxylic acids is 1. The lowest BCUT2D eigenvalue weighted by Gasteiger charge is -2.23. The van der Waals surface area contributed by atoms with Crippen molar-refractivity contribution >= 4 is 21.7 Å². The van der Waals surface area contributed by atoms with Crippen molar-refractivity contribution in [3.05, 3.63) is 29.8 Å². The number of benzene rings is 1. The van der Waals surface area contributed by atoms with Crippen LogP contribution in [0.4, 0.5) is 0 Å². The number of amides is 1. The quantitative estimate of drug-likeness (QED) is 0.876. The van der Waals surface area contributed by atoms with E-state index < -0.39 is 32.5 Å². The Labute approximate surface area is 124 Å². The summed E-state index contributed by atoms with van der Waals surface area (Å²) >= 11 is 0. The Kier molecular flexibility index (Phi) is 4.78. The molecule has 0 aliphatic heterocycles. The molecular weight excluding hydrogens is 294 g/mol. The highest BCUT2D eigenvalue weighted by Crippen LogP contribution is 2.18. The number of hydrogen-bond acceptors (Lipinski definition) is 4. The Morgan fingerprint density at radius 2 is 1.62 bits per heavy atom. The van der Waals surface area contributed by atoms with Gasteiger partial charge in [-0.3, -0.25) is 4.79 Å². The van der Waals surface area contributed by atoms with Gasteiger partial charge in [0, 0.05) is 5.54 Å². The normalized spacial score (nSPS) is 13.5. The van der Waals surface area contributed by atoms with E-state index in [0.29, 0.717) is 0 Å². The fourth-order valence-corrected chi connectivity index (χ4v) is 2.87. The summed E-state index contributed by atoms with van der Waals surface area (Å²) in [5.41, 5.74) is -0.547. The number of carboxylic acids is 1. The monoisotopic (exact) mass is 313 g/mol. The average Bonchev–Trinajstić information content (AvgIpc) is 2.35. The predicted octanol–water partition coefficient (Wildman–Crippen LogP) is 1.46. The van der Waals surface area contributed by atoms with Crippen LogP contribution in [0.5, 0.6) is 0 Å². The molecular formula is C14H19NO5S. The molecule has 6 nitrogen and oxygen atoms in total. The van der Waals surface area contributed by atoms with E-state index in [9.17, 15) is 18.0 Å². The maximum absolute atomic E-state index is 12.3. The Hall–Kier alpha value is -1.89. The van der Waals surface area contributed by atoms with Crippen LogP contribution in [0.1, 0.15) is 38.1 Å². The van der Waals surface area contributed by atoms with Gasteiger partial charge in [-0.2, -0.15) is 0 Å². The van der Waals surface area contributed by atoms with Crippen molar-refractivity contribution in [3.8, 4) is 0 Å². The van der Waals surface area contributed by atoms with E-state index in [0.717, 1.165) is 0 Å². The molecule has 2 N–H and O–H groups in total. The first-order chi connectivity index (χ1) is 9.45. The maximum atomic E-state index is 12.3. The van der Waals surface area contributed by atoms with Gasteiger partial charge < -0.3 is 10.4 Å². The van der Waals surface area contributed by atoms with E-state index in [1.54, 1.807) is 20.8 Å². The molecule has 1 amide bonds. The lowest BCUT2D eigenvalue weighted by Crippen LogP contribution is -2.47. The Balaban J connectivity index is 3.04. The average molecular weight is 313 g/mol. The van der Waals surface area contributed by atoms with Crippen molar-refractivity contribution in [2.45, 2.75) is 43.4 Å². The fraction of sp³-hybridized carbons (Fsp3) is 0.429. The second-order valence-corrected chi connectivity index (χ2v) is 8.02. The van der Waals surface area contributed by atoms with Crippen molar-refractivity contribution < 1.29 is 23.1 Å². The van der Waals surface area contributed by atoms with Crippen LogP contribution in [0.3, 0.4) is 0 Å². The van der Waals surface area contributed by atoms with Gasteiger partial charge in [0.1, 0.15) is 5.25 Å². The molecule has 1 aromatic carbocycles. The molecule has 21 heavy (non-hydrogen) atoms.